The third kappa shape index (κ3) is 7.63. The van der Waals surface area contributed by atoms with Crippen molar-refractivity contribution in [2.45, 2.75) is 32.1 Å². The van der Waals surface area contributed by atoms with Crippen molar-refractivity contribution < 1.29 is 18.0 Å². The Bertz CT molecular complexity index is 1280. The minimum atomic E-state index is -4.51. The number of carbonyl (C=O) groups excluding carboxylic acids is 1. The third-order valence-electron chi connectivity index (χ3n) is 6.19. The van der Waals surface area contributed by atoms with Crippen LogP contribution in [-0.4, -0.2) is 45.5 Å². The molecule has 0 fully saturated rings. The monoisotopic (exact) mass is 542 g/mol. The first-order valence-corrected chi connectivity index (χ1v) is 12.4. The molecule has 0 aliphatic heterocycles. The molecule has 1 aromatic heterocycles. The number of nitriles is 1. The number of ketones is 1. The van der Waals surface area contributed by atoms with E-state index < -0.39 is 17.7 Å². The fraction of sp³-hybridized carbons (Fsp3) is 0.333. The summed E-state index contributed by atoms with van der Waals surface area (Å²) in [6.45, 7) is 0.715. The fourth-order valence-electron chi connectivity index (χ4n) is 4.18. The van der Waals surface area contributed by atoms with Crippen LogP contribution in [0.1, 0.15) is 34.4 Å². The zero-order valence-electron chi connectivity index (χ0n) is 20.9. The van der Waals surface area contributed by atoms with Crippen LogP contribution >= 0.6 is 12.2 Å². The normalized spacial score (nSPS) is 12.0. The van der Waals surface area contributed by atoms with E-state index in [4.69, 9.17) is 23.2 Å². The average Bonchev–Trinajstić information content (AvgIpc) is 3.33. The van der Waals surface area contributed by atoms with E-state index in [0.29, 0.717) is 24.2 Å². The number of nitrogens with two attached hydrogens (primary N) is 1. The number of alkyl halides is 3. The zero-order chi connectivity index (χ0) is 27.7. The summed E-state index contributed by atoms with van der Waals surface area (Å²) in [6, 6.07) is 14.6. The number of Topliss-reactive ketones (excluding diaryl/α,β-unsaturated/α-hetero) is 1. The fourth-order valence-corrected chi connectivity index (χ4v) is 4.32. The van der Waals surface area contributed by atoms with Crippen LogP contribution in [0.3, 0.4) is 0 Å². The Morgan fingerprint density at radius 2 is 1.95 bits per heavy atom. The molecule has 0 saturated carbocycles. The molecule has 0 aliphatic carbocycles. The second kappa shape index (κ2) is 13.2. The van der Waals surface area contributed by atoms with E-state index in [2.05, 4.69) is 16.4 Å². The highest BCUT2D eigenvalue weighted by Gasteiger charge is 2.34. The molecule has 38 heavy (non-hydrogen) atoms. The molecule has 3 N–H and O–H groups in total. The van der Waals surface area contributed by atoms with Crippen LogP contribution in [-0.2, 0) is 30.5 Å². The summed E-state index contributed by atoms with van der Waals surface area (Å²) in [6.07, 6.45) is -0.818. The summed E-state index contributed by atoms with van der Waals surface area (Å²) in [5.41, 5.74) is 7.34. The maximum atomic E-state index is 13.6. The molecule has 1 atom stereocenters. The van der Waals surface area contributed by atoms with Gasteiger partial charge in [-0.1, -0.05) is 30.3 Å². The Hall–Kier alpha value is -3.75. The Labute approximate surface area is 225 Å². The minimum Gasteiger partial charge on any atom is -0.366 e. The van der Waals surface area contributed by atoms with Crippen molar-refractivity contribution in [3.63, 3.8) is 0 Å². The lowest BCUT2D eigenvalue weighted by Gasteiger charge is -2.30. The van der Waals surface area contributed by atoms with E-state index in [1.54, 1.807) is 42.7 Å². The Kier molecular flexibility index (Phi) is 9.98. The van der Waals surface area contributed by atoms with Crippen molar-refractivity contribution >= 4 is 23.1 Å². The standard InChI is InChI=1S/C27H29F3N6OS/c1-33-26(38)35(16-21-4-2-3-5-24(21)27(28,29)30)17-22(10-11-31)25(37)12-23-14-34-18-36(23)15-20-8-6-19(13-32)7-9-20/h2-9,14,18,22H,10-12,15-17,31H2,1H3,(H,33,38)/t22-/m0/s1. The summed E-state index contributed by atoms with van der Waals surface area (Å²) >= 11 is 5.39. The molecule has 3 aromatic rings. The first kappa shape index (κ1) is 28.8. The quantitative estimate of drug-likeness (QED) is 0.355. The van der Waals surface area contributed by atoms with Gasteiger partial charge in [0.25, 0.3) is 0 Å². The summed E-state index contributed by atoms with van der Waals surface area (Å²) in [4.78, 5) is 19.2. The molecular weight excluding hydrogens is 513 g/mol. The van der Waals surface area contributed by atoms with E-state index in [9.17, 15) is 18.0 Å². The van der Waals surface area contributed by atoms with Crippen LogP contribution < -0.4 is 11.1 Å². The highest BCUT2D eigenvalue weighted by Crippen LogP contribution is 2.32. The van der Waals surface area contributed by atoms with Gasteiger partial charge in [-0.15, -0.1) is 0 Å². The molecule has 0 bridgehead atoms. The maximum absolute atomic E-state index is 13.6. The molecule has 0 aliphatic rings. The van der Waals surface area contributed by atoms with Gasteiger partial charge in [0.05, 0.1) is 23.5 Å². The summed E-state index contributed by atoms with van der Waals surface area (Å²) < 4.78 is 42.6. The third-order valence-corrected chi connectivity index (χ3v) is 6.65. The zero-order valence-corrected chi connectivity index (χ0v) is 21.7. The average molecular weight is 543 g/mol. The smallest absolute Gasteiger partial charge is 0.366 e. The Morgan fingerprint density at radius 1 is 1.24 bits per heavy atom. The molecule has 0 unspecified atom stereocenters. The largest absolute Gasteiger partial charge is 0.416 e. The number of rotatable bonds is 11. The van der Waals surface area contributed by atoms with Crippen molar-refractivity contribution in [3.05, 3.63) is 89.0 Å². The van der Waals surface area contributed by atoms with Gasteiger partial charge in [0.15, 0.2) is 5.11 Å². The Balaban J connectivity index is 1.77. The van der Waals surface area contributed by atoms with Crippen molar-refractivity contribution in [2.24, 2.45) is 11.7 Å². The van der Waals surface area contributed by atoms with Gasteiger partial charge in [0.2, 0.25) is 0 Å². The number of aromatic nitrogens is 2. The summed E-state index contributed by atoms with van der Waals surface area (Å²) in [7, 11) is 1.59. The second-order valence-corrected chi connectivity index (χ2v) is 9.22. The molecule has 3 rings (SSSR count). The molecule has 0 saturated heterocycles. The maximum Gasteiger partial charge on any atom is 0.416 e. The van der Waals surface area contributed by atoms with Crippen molar-refractivity contribution in [1.29, 1.82) is 5.26 Å². The van der Waals surface area contributed by atoms with Crippen LogP contribution in [0.4, 0.5) is 13.2 Å². The molecule has 11 heteroatoms. The number of hydrogen-bond donors (Lipinski definition) is 2. The lowest BCUT2D eigenvalue weighted by atomic mass is 9.95. The molecule has 0 radical (unpaired) electrons. The molecule has 0 spiro atoms. The predicted molar refractivity (Wildman–Crippen MR) is 142 cm³/mol. The van der Waals surface area contributed by atoms with E-state index in [1.807, 2.05) is 16.7 Å². The van der Waals surface area contributed by atoms with Crippen LogP contribution in [0.5, 0.6) is 0 Å². The first-order valence-electron chi connectivity index (χ1n) is 12.0. The van der Waals surface area contributed by atoms with Crippen molar-refractivity contribution in [3.8, 4) is 6.07 Å². The predicted octanol–water partition coefficient (Wildman–Crippen LogP) is 3.90. The molecule has 7 nitrogen and oxygen atoms in total. The van der Waals surface area contributed by atoms with E-state index in [-0.39, 0.29) is 42.5 Å². The van der Waals surface area contributed by atoms with Crippen molar-refractivity contribution in [2.75, 3.05) is 20.1 Å². The molecule has 2 aromatic carbocycles. The number of thiocarbonyl (C=S) groups is 1. The van der Waals surface area contributed by atoms with E-state index in [1.165, 1.54) is 12.1 Å². The number of hydrogen-bond acceptors (Lipinski definition) is 5. The van der Waals surface area contributed by atoms with Gasteiger partial charge < -0.3 is 20.5 Å². The number of benzene rings is 2. The first-order chi connectivity index (χ1) is 18.2. The lowest BCUT2D eigenvalue weighted by molar-refractivity contribution is -0.138. The van der Waals surface area contributed by atoms with Crippen LogP contribution in [0.2, 0.25) is 0 Å². The Morgan fingerprint density at radius 3 is 2.58 bits per heavy atom. The molecule has 1 heterocycles. The molecule has 0 amide bonds. The summed E-state index contributed by atoms with van der Waals surface area (Å²) in [5.74, 6) is -0.660. The second-order valence-electron chi connectivity index (χ2n) is 8.83. The minimum absolute atomic E-state index is 0.0667. The number of nitrogens with zero attached hydrogens (tertiary/aromatic N) is 4. The van der Waals surface area contributed by atoms with Gasteiger partial charge in [0.1, 0.15) is 5.78 Å². The van der Waals surface area contributed by atoms with E-state index >= 15 is 0 Å². The topological polar surface area (TPSA) is 100.0 Å². The van der Waals surface area contributed by atoms with Crippen LogP contribution in [0.25, 0.3) is 0 Å². The number of nitrogens with one attached hydrogen (secondary N) is 1. The van der Waals surface area contributed by atoms with Gasteiger partial charge in [-0.05, 0) is 54.5 Å². The summed E-state index contributed by atoms with van der Waals surface area (Å²) in [5, 5.41) is 12.0. The highest BCUT2D eigenvalue weighted by molar-refractivity contribution is 7.80. The van der Waals surface area contributed by atoms with E-state index in [0.717, 1.165) is 11.6 Å². The SMILES string of the molecule is CNC(=S)N(Cc1ccccc1C(F)(F)F)C[C@H](CCN)C(=O)Cc1cncn1Cc1ccc(C#N)cc1. The lowest BCUT2D eigenvalue weighted by Crippen LogP contribution is -2.43. The van der Waals surface area contributed by atoms with Gasteiger partial charge in [-0.25, -0.2) is 4.98 Å². The van der Waals surface area contributed by atoms with Gasteiger partial charge in [-0.2, -0.15) is 18.4 Å². The van der Waals surface area contributed by atoms with Gasteiger partial charge in [0, 0.05) is 50.9 Å². The van der Waals surface area contributed by atoms with Gasteiger partial charge in [-0.3, -0.25) is 4.79 Å². The van der Waals surface area contributed by atoms with Gasteiger partial charge >= 0.3 is 6.18 Å². The number of carbonyl (C=O) groups is 1. The number of imidazole rings is 1. The van der Waals surface area contributed by atoms with Crippen molar-refractivity contribution in [1.82, 2.24) is 19.8 Å². The van der Waals surface area contributed by atoms with Crippen LogP contribution in [0, 0.1) is 17.2 Å². The van der Waals surface area contributed by atoms with Crippen LogP contribution in [0.15, 0.2) is 61.1 Å². The molecule has 200 valence electrons. The molecular formula is C27H29F3N6OS. The number of halogens is 3. The highest BCUT2D eigenvalue weighted by atomic mass is 32.1.